The number of aryl methyl sites for hydroxylation is 2. The molecule has 1 spiro atoms. The molecule has 2 fully saturated rings. The molecule has 1 unspecified atom stereocenters. The van der Waals surface area contributed by atoms with Gasteiger partial charge in [-0.15, -0.1) is 0 Å². The lowest BCUT2D eigenvalue weighted by Gasteiger charge is -2.43. The summed E-state index contributed by atoms with van der Waals surface area (Å²) >= 11 is 6.08. The zero-order chi connectivity index (χ0) is 17.4. The summed E-state index contributed by atoms with van der Waals surface area (Å²) in [5.74, 6) is 0. The summed E-state index contributed by atoms with van der Waals surface area (Å²) in [5.41, 5.74) is 1.18. The molecule has 1 aromatic carbocycles. The summed E-state index contributed by atoms with van der Waals surface area (Å²) in [7, 11) is -3.58. The molecule has 0 bridgehead atoms. The van der Waals surface area contributed by atoms with Gasteiger partial charge in [-0.05, 0) is 62.8 Å². The SMILES string of the molecule is Cc1cc(S(=O)(=O)NC2CCOC3(CCOCC3)C2)c(C)cc1Cl. The van der Waals surface area contributed by atoms with Crippen LogP contribution in [0.1, 0.15) is 36.8 Å². The van der Waals surface area contributed by atoms with Crippen LogP contribution < -0.4 is 4.72 Å². The van der Waals surface area contributed by atoms with Crippen LogP contribution in [0.25, 0.3) is 0 Å². The molecule has 7 heteroatoms. The van der Waals surface area contributed by atoms with E-state index >= 15 is 0 Å². The Labute approximate surface area is 148 Å². The van der Waals surface area contributed by atoms with Crippen molar-refractivity contribution >= 4 is 21.6 Å². The van der Waals surface area contributed by atoms with Gasteiger partial charge in [0.05, 0.1) is 10.5 Å². The highest BCUT2D eigenvalue weighted by molar-refractivity contribution is 7.89. The Bertz CT molecular complexity index is 708. The van der Waals surface area contributed by atoms with Gasteiger partial charge in [0.2, 0.25) is 10.0 Å². The number of rotatable bonds is 3. The van der Waals surface area contributed by atoms with Crippen molar-refractivity contribution in [3.8, 4) is 0 Å². The molecular weight excluding hydrogens is 350 g/mol. The van der Waals surface area contributed by atoms with E-state index in [0.717, 1.165) is 18.4 Å². The van der Waals surface area contributed by atoms with E-state index in [1.807, 2.05) is 6.92 Å². The predicted molar refractivity (Wildman–Crippen MR) is 93.0 cm³/mol. The zero-order valence-electron chi connectivity index (χ0n) is 14.1. The molecule has 2 aliphatic rings. The van der Waals surface area contributed by atoms with Crippen LogP contribution in [0.5, 0.6) is 0 Å². The average molecular weight is 374 g/mol. The number of benzene rings is 1. The van der Waals surface area contributed by atoms with Crippen LogP contribution in [-0.4, -0.2) is 39.9 Å². The average Bonchev–Trinajstić information content (AvgIpc) is 2.51. The topological polar surface area (TPSA) is 64.6 Å². The maximum absolute atomic E-state index is 12.8. The fraction of sp³-hybridized carbons (Fsp3) is 0.647. The molecule has 0 amide bonds. The van der Waals surface area contributed by atoms with Gasteiger partial charge in [0.25, 0.3) is 0 Å². The molecular formula is C17H24ClNO4S. The minimum Gasteiger partial charge on any atom is -0.381 e. The van der Waals surface area contributed by atoms with Crippen molar-refractivity contribution in [2.24, 2.45) is 0 Å². The summed E-state index contributed by atoms with van der Waals surface area (Å²) in [6.45, 7) is 5.51. The van der Waals surface area contributed by atoms with Crippen molar-refractivity contribution in [3.05, 3.63) is 28.3 Å². The largest absolute Gasteiger partial charge is 0.381 e. The van der Waals surface area contributed by atoms with Gasteiger partial charge >= 0.3 is 0 Å². The molecule has 134 valence electrons. The smallest absolute Gasteiger partial charge is 0.241 e. The van der Waals surface area contributed by atoms with Crippen LogP contribution in [0.2, 0.25) is 5.02 Å². The Morgan fingerprint density at radius 3 is 2.58 bits per heavy atom. The van der Waals surface area contributed by atoms with Gasteiger partial charge in [-0.3, -0.25) is 0 Å². The number of nitrogens with one attached hydrogen (secondary N) is 1. The van der Waals surface area contributed by atoms with Gasteiger partial charge in [0, 0.05) is 30.9 Å². The monoisotopic (exact) mass is 373 g/mol. The predicted octanol–water partition coefficient (Wildman–Crippen LogP) is 2.96. The first-order valence-electron chi connectivity index (χ1n) is 8.32. The standard InChI is InChI=1S/C17H24ClNO4S/c1-12-10-16(13(2)9-15(12)18)24(20,21)19-14-3-6-23-17(11-14)4-7-22-8-5-17/h9-10,14,19H,3-8,11H2,1-2H3. The highest BCUT2D eigenvalue weighted by Crippen LogP contribution is 2.35. The lowest BCUT2D eigenvalue weighted by molar-refractivity contribution is -0.138. The molecule has 2 saturated heterocycles. The molecule has 0 saturated carbocycles. The Kier molecular flexibility index (Phi) is 5.23. The molecule has 2 aliphatic heterocycles. The van der Waals surface area contributed by atoms with Crippen LogP contribution in [-0.2, 0) is 19.5 Å². The van der Waals surface area contributed by atoms with E-state index in [1.165, 1.54) is 0 Å². The van der Waals surface area contributed by atoms with Gasteiger partial charge in [0.1, 0.15) is 0 Å². The van der Waals surface area contributed by atoms with E-state index in [0.29, 0.717) is 48.1 Å². The first kappa shape index (κ1) is 18.1. The van der Waals surface area contributed by atoms with Crippen LogP contribution in [0, 0.1) is 13.8 Å². The summed E-state index contributed by atoms with van der Waals surface area (Å²) in [6, 6.07) is 3.23. The first-order chi connectivity index (χ1) is 11.3. The van der Waals surface area contributed by atoms with Crippen LogP contribution >= 0.6 is 11.6 Å². The first-order valence-corrected chi connectivity index (χ1v) is 10.2. The Hall–Kier alpha value is -0.660. The fourth-order valence-electron chi connectivity index (χ4n) is 3.55. The molecule has 1 N–H and O–H groups in total. The van der Waals surface area contributed by atoms with E-state index < -0.39 is 10.0 Å². The molecule has 0 aromatic heterocycles. The number of ether oxygens (including phenoxy) is 2. The van der Waals surface area contributed by atoms with Crippen LogP contribution in [0.15, 0.2) is 17.0 Å². The van der Waals surface area contributed by atoms with Crippen molar-refractivity contribution in [2.75, 3.05) is 19.8 Å². The van der Waals surface area contributed by atoms with E-state index in [-0.39, 0.29) is 11.6 Å². The number of halogens is 1. The second-order valence-electron chi connectivity index (χ2n) is 6.82. The summed E-state index contributed by atoms with van der Waals surface area (Å²) in [4.78, 5) is 0.303. The highest BCUT2D eigenvalue weighted by Gasteiger charge is 2.40. The van der Waals surface area contributed by atoms with Gasteiger partial charge in [-0.25, -0.2) is 13.1 Å². The lowest BCUT2D eigenvalue weighted by Crippen LogP contribution is -2.51. The minimum atomic E-state index is -3.58. The van der Waals surface area contributed by atoms with Crippen LogP contribution in [0.4, 0.5) is 0 Å². The summed E-state index contributed by atoms with van der Waals surface area (Å²) < 4.78 is 39.9. The third-order valence-electron chi connectivity index (χ3n) is 4.96. The Balaban J connectivity index is 1.78. The summed E-state index contributed by atoms with van der Waals surface area (Å²) in [5, 5.41) is 0.582. The molecule has 0 aliphatic carbocycles. The van der Waals surface area contributed by atoms with E-state index in [4.69, 9.17) is 21.1 Å². The third-order valence-corrected chi connectivity index (χ3v) is 7.03. The molecule has 5 nitrogen and oxygen atoms in total. The lowest BCUT2D eigenvalue weighted by atomic mass is 9.84. The fourth-order valence-corrected chi connectivity index (χ4v) is 5.35. The maximum atomic E-state index is 12.8. The van der Waals surface area contributed by atoms with E-state index in [1.54, 1.807) is 19.1 Å². The van der Waals surface area contributed by atoms with Crippen LogP contribution in [0.3, 0.4) is 0 Å². The second kappa shape index (κ2) is 6.92. The normalized spacial score (nSPS) is 24.2. The van der Waals surface area contributed by atoms with Crippen molar-refractivity contribution in [1.29, 1.82) is 0 Å². The van der Waals surface area contributed by atoms with Crippen molar-refractivity contribution < 1.29 is 17.9 Å². The third kappa shape index (κ3) is 3.78. The summed E-state index contributed by atoms with van der Waals surface area (Å²) in [6.07, 6.45) is 3.03. The van der Waals surface area contributed by atoms with Gasteiger partial charge in [-0.2, -0.15) is 0 Å². The molecule has 1 atom stereocenters. The maximum Gasteiger partial charge on any atom is 0.241 e. The molecule has 24 heavy (non-hydrogen) atoms. The van der Waals surface area contributed by atoms with Crippen molar-refractivity contribution in [3.63, 3.8) is 0 Å². The van der Waals surface area contributed by atoms with Crippen molar-refractivity contribution in [2.45, 2.75) is 56.1 Å². The Morgan fingerprint density at radius 2 is 1.88 bits per heavy atom. The van der Waals surface area contributed by atoms with Gasteiger partial charge in [-0.1, -0.05) is 11.6 Å². The zero-order valence-corrected chi connectivity index (χ0v) is 15.7. The number of sulfonamides is 1. The molecule has 2 heterocycles. The van der Waals surface area contributed by atoms with Gasteiger partial charge < -0.3 is 9.47 Å². The van der Waals surface area contributed by atoms with Crippen molar-refractivity contribution in [1.82, 2.24) is 4.72 Å². The van der Waals surface area contributed by atoms with E-state index in [9.17, 15) is 8.42 Å². The minimum absolute atomic E-state index is 0.114. The number of hydrogen-bond donors (Lipinski definition) is 1. The molecule has 1 aromatic rings. The molecule has 0 radical (unpaired) electrons. The quantitative estimate of drug-likeness (QED) is 0.884. The highest BCUT2D eigenvalue weighted by atomic mass is 35.5. The Morgan fingerprint density at radius 1 is 1.17 bits per heavy atom. The number of hydrogen-bond acceptors (Lipinski definition) is 4. The van der Waals surface area contributed by atoms with Gasteiger partial charge in [0.15, 0.2) is 0 Å². The van der Waals surface area contributed by atoms with E-state index in [2.05, 4.69) is 4.72 Å². The molecule has 3 rings (SSSR count). The second-order valence-corrected chi connectivity index (χ2v) is 8.91.